The first-order valence-electron chi connectivity index (χ1n) is 9.44. The number of nitrogens with one attached hydrogen (secondary N) is 2. The van der Waals surface area contributed by atoms with Gasteiger partial charge in [-0.2, -0.15) is 0 Å². The van der Waals surface area contributed by atoms with Gasteiger partial charge in [0.1, 0.15) is 5.75 Å². The fourth-order valence-electron chi connectivity index (χ4n) is 2.89. The van der Waals surface area contributed by atoms with Crippen LogP contribution in [0.3, 0.4) is 0 Å². The average molecular weight is 391 g/mol. The Hall–Kier alpha value is -2.97. The number of nitrogens with two attached hydrogens (primary N) is 1. The average Bonchev–Trinajstić information content (AvgIpc) is 2.71. The Morgan fingerprint density at radius 2 is 2.07 bits per heavy atom. The predicted octanol–water partition coefficient (Wildman–Crippen LogP) is 0.950. The third-order valence-corrected chi connectivity index (χ3v) is 4.38. The van der Waals surface area contributed by atoms with E-state index in [0.717, 1.165) is 12.8 Å². The van der Waals surface area contributed by atoms with E-state index < -0.39 is 0 Å². The van der Waals surface area contributed by atoms with Gasteiger partial charge in [0.15, 0.2) is 5.96 Å². The lowest BCUT2D eigenvalue weighted by molar-refractivity contribution is 0.0948. The van der Waals surface area contributed by atoms with Crippen LogP contribution in [0.15, 0.2) is 29.3 Å². The van der Waals surface area contributed by atoms with E-state index in [9.17, 15) is 9.59 Å². The van der Waals surface area contributed by atoms with E-state index in [2.05, 4.69) is 15.6 Å². The van der Waals surface area contributed by atoms with Crippen LogP contribution in [0.25, 0.3) is 0 Å². The van der Waals surface area contributed by atoms with E-state index in [1.807, 2.05) is 0 Å². The molecule has 1 aromatic rings. The lowest BCUT2D eigenvalue weighted by Gasteiger charge is -2.31. The molecule has 0 radical (unpaired) electrons. The second-order valence-corrected chi connectivity index (χ2v) is 6.36. The van der Waals surface area contributed by atoms with Crippen LogP contribution >= 0.6 is 0 Å². The molecule has 1 saturated heterocycles. The van der Waals surface area contributed by atoms with E-state index in [1.54, 1.807) is 43.2 Å². The van der Waals surface area contributed by atoms with Gasteiger partial charge in [-0.1, -0.05) is 6.07 Å². The molecular formula is C19H29N5O4. The van der Waals surface area contributed by atoms with Crippen LogP contribution in [0, 0.1) is 0 Å². The third kappa shape index (κ3) is 6.64. The maximum absolute atomic E-state index is 12.1. The number of benzene rings is 1. The molecule has 0 spiro atoms. The topological polar surface area (TPSA) is 118 Å². The van der Waals surface area contributed by atoms with Crippen molar-refractivity contribution in [3.8, 4) is 5.75 Å². The maximum atomic E-state index is 12.1. The van der Waals surface area contributed by atoms with Crippen molar-refractivity contribution in [2.24, 2.45) is 10.7 Å². The molecule has 28 heavy (non-hydrogen) atoms. The highest BCUT2D eigenvalue weighted by molar-refractivity contribution is 5.94. The standard InChI is InChI=1S/C19H29N5O4/c1-3-28-19(26)24-11-7-15(8-12-24)23-18(20)22-10-9-21-17(25)14-5-4-6-16(13-14)27-2/h4-6,13,15H,3,7-12H2,1-2H3,(H,21,25)(H3,20,22,23). The highest BCUT2D eigenvalue weighted by atomic mass is 16.6. The van der Waals surface area contributed by atoms with E-state index in [4.69, 9.17) is 15.2 Å². The number of guanidine groups is 1. The van der Waals surface area contributed by atoms with Gasteiger partial charge in [-0.05, 0) is 38.0 Å². The third-order valence-electron chi connectivity index (χ3n) is 4.38. The molecule has 0 aromatic heterocycles. The molecule has 0 bridgehead atoms. The van der Waals surface area contributed by atoms with Gasteiger partial charge in [0.2, 0.25) is 0 Å². The molecule has 0 aliphatic carbocycles. The summed E-state index contributed by atoms with van der Waals surface area (Å²) in [5.41, 5.74) is 6.45. The number of likely N-dealkylation sites (tertiary alicyclic amines) is 1. The number of nitrogens with zero attached hydrogens (tertiary/aromatic N) is 2. The summed E-state index contributed by atoms with van der Waals surface area (Å²) in [7, 11) is 1.56. The number of methoxy groups -OCH3 is 1. The van der Waals surface area contributed by atoms with Crippen LogP contribution in [0.5, 0.6) is 5.75 Å². The van der Waals surface area contributed by atoms with Crippen molar-refractivity contribution in [1.82, 2.24) is 15.5 Å². The number of piperidine rings is 1. The molecule has 1 fully saturated rings. The van der Waals surface area contributed by atoms with Crippen molar-refractivity contribution in [3.63, 3.8) is 0 Å². The van der Waals surface area contributed by atoms with Gasteiger partial charge in [0.05, 0.1) is 20.3 Å². The lowest BCUT2D eigenvalue weighted by atomic mass is 10.1. The second kappa shape index (κ2) is 11.0. The van der Waals surface area contributed by atoms with Crippen molar-refractivity contribution in [2.45, 2.75) is 25.8 Å². The number of amides is 2. The first-order valence-corrected chi connectivity index (χ1v) is 9.44. The summed E-state index contributed by atoms with van der Waals surface area (Å²) < 4.78 is 10.1. The van der Waals surface area contributed by atoms with E-state index in [1.165, 1.54) is 0 Å². The van der Waals surface area contributed by atoms with Crippen LogP contribution < -0.4 is 21.1 Å². The van der Waals surface area contributed by atoms with Gasteiger partial charge >= 0.3 is 6.09 Å². The largest absolute Gasteiger partial charge is 0.497 e. The highest BCUT2D eigenvalue weighted by Crippen LogP contribution is 2.12. The van der Waals surface area contributed by atoms with Crippen molar-refractivity contribution in [2.75, 3.05) is 39.9 Å². The second-order valence-electron chi connectivity index (χ2n) is 6.36. The highest BCUT2D eigenvalue weighted by Gasteiger charge is 2.23. The molecule has 1 aliphatic rings. The van der Waals surface area contributed by atoms with Crippen LogP contribution in [-0.2, 0) is 4.74 Å². The summed E-state index contributed by atoms with van der Waals surface area (Å²) in [5.74, 6) is 0.783. The minimum absolute atomic E-state index is 0.167. The zero-order valence-electron chi connectivity index (χ0n) is 16.4. The number of carbonyl (C=O) groups excluding carboxylic acids is 2. The number of hydrogen-bond donors (Lipinski definition) is 3. The molecule has 2 rings (SSSR count). The first-order chi connectivity index (χ1) is 13.5. The van der Waals surface area contributed by atoms with Gasteiger partial charge in [0, 0.05) is 31.2 Å². The van der Waals surface area contributed by atoms with Crippen LogP contribution in [0.4, 0.5) is 4.79 Å². The molecule has 9 nitrogen and oxygen atoms in total. The van der Waals surface area contributed by atoms with Gasteiger partial charge in [-0.15, -0.1) is 0 Å². The monoisotopic (exact) mass is 391 g/mol. The van der Waals surface area contributed by atoms with Crippen molar-refractivity contribution >= 4 is 18.0 Å². The minimum atomic E-state index is -0.269. The summed E-state index contributed by atoms with van der Waals surface area (Å²) in [6.07, 6.45) is 1.29. The van der Waals surface area contributed by atoms with Gasteiger partial charge in [0.25, 0.3) is 5.91 Å². The maximum Gasteiger partial charge on any atom is 0.409 e. The molecule has 0 unspecified atom stereocenters. The SMILES string of the molecule is CCOC(=O)N1CCC(NC(N)=NCCNC(=O)c2cccc(OC)c2)CC1. The summed E-state index contributed by atoms with van der Waals surface area (Å²) >= 11 is 0. The molecule has 0 atom stereocenters. The predicted molar refractivity (Wildman–Crippen MR) is 107 cm³/mol. The molecule has 1 heterocycles. The van der Waals surface area contributed by atoms with Gasteiger partial charge < -0.3 is 30.7 Å². The zero-order chi connectivity index (χ0) is 20.4. The van der Waals surface area contributed by atoms with E-state index in [-0.39, 0.29) is 18.0 Å². The Morgan fingerprint density at radius 1 is 1.32 bits per heavy atom. The van der Waals surface area contributed by atoms with Crippen molar-refractivity contribution in [3.05, 3.63) is 29.8 Å². The number of ether oxygens (including phenoxy) is 2. The van der Waals surface area contributed by atoms with Crippen LogP contribution in [0.1, 0.15) is 30.1 Å². The molecule has 9 heteroatoms. The number of aliphatic imine (C=N–C) groups is 1. The molecule has 154 valence electrons. The Kier molecular flexibility index (Phi) is 8.38. The lowest BCUT2D eigenvalue weighted by Crippen LogP contribution is -2.48. The summed E-state index contributed by atoms with van der Waals surface area (Å²) in [6, 6.07) is 7.11. The molecule has 2 amide bonds. The number of hydrogen-bond acceptors (Lipinski definition) is 5. The molecular weight excluding hydrogens is 362 g/mol. The van der Waals surface area contributed by atoms with E-state index >= 15 is 0 Å². The van der Waals surface area contributed by atoms with Gasteiger partial charge in [-0.3, -0.25) is 9.79 Å². The fraction of sp³-hybridized carbons (Fsp3) is 0.526. The minimum Gasteiger partial charge on any atom is -0.497 e. The fourth-order valence-corrected chi connectivity index (χ4v) is 2.89. The quantitative estimate of drug-likeness (QED) is 0.362. The normalized spacial score (nSPS) is 15.1. The Balaban J connectivity index is 1.67. The zero-order valence-corrected chi connectivity index (χ0v) is 16.4. The van der Waals surface area contributed by atoms with Crippen LogP contribution in [0.2, 0.25) is 0 Å². The number of carbonyl (C=O) groups is 2. The molecule has 0 saturated carbocycles. The van der Waals surface area contributed by atoms with Crippen molar-refractivity contribution < 1.29 is 19.1 Å². The van der Waals surface area contributed by atoms with E-state index in [0.29, 0.717) is 50.1 Å². The molecule has 4 N–H and O–H groups in total. The molecule has 1 aliphatic heterocycles. The summed E-state index contributed by atoms with van der Waals surface area (Å²) in [4.78, 5) is 29.7. The van der Waals surface area contributed by atoms with Gasteiger partial charge in [-0.25, -0.2) is 4.79 Å². The number of rotatable bonds is 7. The van der Waals surface area contributed by atoms with Crippen LogP contribution in [-0.4, -0.2) is 68.8 Å². The smallest absolute Gasteiger partial charge is 0.409 e. The summed E-state index contributed by atoms with van der Waals surface area (Å²) in [6.45, 7) is 4.17. The Labute approximate surface area is 165 Å². The summed E-state index contributed by atoms with van der Waals surface area (Å²) in [5, 5.41) is 5.96. The first kappa shape index (κ1) is 21.3. The Bertz CT molecular complexity index is 687. The Morgan fingerprint density at radius 3 is 2.75 bits per heavy atom. The molecule has 1 aromatic carbocycles. The van der Waals surface area contributed by atoms with Crippen molar-refractivity contribution in [1.29, 1.82) is 0 Å².